The van der Waals surface area contributed by atoms with E-state index >= 15 is 0 Å². The fourth-order valence-electron chi connectivity index (χ4n) is 4.38. The molecule has 28 heavy (non-hydrogen) atoms. The fourth-order valence-corrected chi connectivity index (χ4v) is 4.38. The Hall–Kier alpha value is -2.95. The number of aromatic amines is 1. The van der Waals surface area contributed by atoms with Crippen LogP contribution < -0.4 is 9.47 Å². The van der Waals surface area contributed by atoms with Crippen LogP contribution in [0.5, 0.6) is 11.5 Å². The molecule has 5 heteroatoms. The summed E-state index contributed by atoms with van der Waals surface area (Å²) in [4.78, 5) is 18.7. The molecule has 2 aliphatic rings. The van der Waals surface area contributed by atoms with Gasteiger partial charge in [-0.15, -0.1) is 0 Å². The van der Waals surface area contributed by atoms with E-state index in [9.17, 15) is 4.79 Å². The predicted molar refractivity (Wildman–Crippen MR) is 108 cm³/mol. The Morgan fingerprint density at radius 2 is 1.89 bits per heavy atom. The highest BCUT2D eigenvalue weighted by atomic mass is 16.6. The largest absolute Gasteiger partial charge is 0.486 e. The van der Waals surface area contributed by atoms with E-state index in [4.69, 9.17) is 9.47 Å². The van der Waals surface area contributed by atoms with E-state index in [0.29, 0.717) is 13.2 Å². The topological polar surface area (TPSA) is 54.6 Å². The molecule has 0 spiro atoms. The lowest BCUT2D eigenvalue weighted by Gasteiger charge is -2.27. The molecule has 1 saturated heterocycles. The predicted octanol–water partition coefficient (Wildman–Crippen LogP) is 4.53. The summed E-state index contributed by atoms with van der Waals surface area (Å²) in [5.74, 6) is 1.66. The lowest BCUT2D eigenvalue weighted by molar-refractivity contribution is 0.0735. The number of rotatable bonds is 2. The molecule has 1 atom stereocenters. The molecule has 3 aromatic rings. The second kappa shape index (κ2) is 6.59. The molecule has 0 aliphatic carbocycles. The van der Waals surface area contributed by atoms with Gasteiger partial charge in [0.05, 0.1) is 6.04 Å². The van der Waals surface area contributed by atoms with Crippen LogP contribution >= 0.6 is 0 Å². The monoisotopic (exact) mass is 376 g/mol. The van der Waals surface area contributed by atoms with Gasteiger partial charge in [0.15, 0.2) is 11.5 Å². The Morgan fingerprint density at radius 3 is 2.75 bits per heavy atom. The van der Waals surface area contributed by atoms with E-state index in [0.717, 1.165) is 58.6 Å². The molecule has 5 nitrogen and oxygen atoms in total. The molecule has 0 bridgehead atoms. The van der Waals surface area contributed by atoms with Gasteiger partial charge in [0.2, 0.25) is 0 Å². The van der Waals surface area contributed by atoms with Crippen molar-refractivity contribution in [3.05, 3.63) is 58.8 Å². The molecule has 0 unspecified atom stereocenters. The molecular formula is C23H24N2O3. The number of benzene rings is 2. The Bertz CT molecular complexity index is 1070. The molecule has 1 amide bonds. The van der Waals surface area contributed by atoms with E-state index < -0.39 is 0 Å². The number of hydrogen-bond acceptors (Lipinski definition) is 3. The average Bonchev–Trinajstić information content (AvgIpc) is 3.32. The summed E-state index contributed by atoms with van der Waals surface area (Å²) >= 11 is 0. The van der Waals surface area contributed by atoms with Gasteiger partial charge in [-0.2, -0.15) is 0 Å². The molecular weight excluding hydrogens is 352 g/mol. The molecule has 1 N–H and O–H groups in total. The Labute approximate surface area is 164 Å². The van der Waals surface area contributed by atoms with Gasteiger partial charge in [-0.3, -0.25) is 4.79 Å². The molecule has 2 aromatic carbocycles. The van der Waals surface area contributed by atoms with E-state index in [2.05, 4.69) is 24.9 Å². The van der Waals surface area contributed by atoms with Crippen LogP contribution in [0.25, 0.3) is 10.9 Å². The van der Waals surface area contributed by atoms with Crippen molar-refractivity contribution >= 4 is 16.8 Å². The maximum Gasteiger partial charge on any atom is 0.254 e. The van der Waals surface area contributed by atoms with Crippen LogP contribution in [0.2, 0.25) is 0 Å². The number of nitrogens with one attached hydrogen (secondary N) is 1. The minimum absolute atomic E-state index is 0.0769. The second-order valence-corrected chi connectivity index (χ2v) is 7.70. The normalized spacial score (nSPS) is 18.6. The summed E-state index contributed by atoms with van der Waals surface area (Å²) in [5, 5.41) is 1.12. The summed E-state index contributed by atoms with van der Waals surface area (Å²) in [5.41, 5.74) is 5.30. The SMILES string of the molecule is Cc1[nH]c2ccc(C(=O)N3CCC[C@H]3c3ccc4c(c3)OCCO4)cc2c1C. The summed E-state index contributed by atoms with van der Waals surface area (Å²) in [6.07, 6.45) is 1.98. The third-order valence-corrected chi connectivity index (χ3v) is 6.02. The number of H-pyrrole nitrogens is 1. The zero-order chi connectivity index (χ0) is 19.3. The van der Waals surface area contributed by atoms with Crippen molar-refractivity contribution in [3.8, 4) is 11.5 Å². The molecule has 5 rings (SSSR count). The van der Waals surface area contributed by atoms with Gasteiger partial charge in [0.25, 0.3) is 5.91 Å². The first-order chi connectivity index (χ1) is 13.6. The maximum atomic E-state index is 13.3. The molecule has 0 saturated carbocycles. The molecule has 1 fully saturated rings. The van der Waals surface area contributed by atoms with Crippen molar-refractivity contribution in [2.24, 2.45) is 0 Å². The highest BCUT2D eigenvalue weighted by Gasteiger charge is 2.31. The second-order valence-electron chi connectivity index (χ2n) is 7.70. The summed E-state index contributed by atoms with van der Waals surface area (Å²) in [6.45, 7) is 6.09. The zero-order valence-corrected chi connectivity index (χ0v) is 16.2. The molecule has 3 heterocycles. The first kappa shape index (κ1) is 17.2. The van der Waals surface area contributed by atoms with Gasteiger partial charge in [-0.05, 0) is 68.1 Å². The lowest BCUT2D eigenvalue weighted by atomic mass is 10.0. The molecule has 0 radical (unpaired) electrons. The van der Waals surface area contributed by atoms with Gasteiger partial charge < -0.3 is 19.4 Å². The number of fused-ring (bicyclic) bond motifs is 2. The third kappa shape index (κ3) is 2.73. The van der Waals surface area contributed by atoms with Gasteiger partial charge in [-0.25, -0.2) is 0 Å². The van der Waals surface area contributed by atoms with Crippen LogP contribution in [0.4, 0.5) is 0 Å². The number of nitrogens with zero attached hydrogens (tertiary/aromatic N) is 1. The standard InChI is InChI=1S/C23H24N2O3/c1-14-15(2)24-19-7-5-17(12-18(14)19)23(26)25-9-3-4-20(25)16-6-8-21-22(13-16)28-11-10-27-21/h5-8,12-13,20,24H,3-4,9-11H2,1-2H3/t20-/m0/s1. The number of likely N-dealkylation sites (tertiary alicyclic amines) is 1. The zero-order valence-electron chi connectivity index (χ0n) is 16.2. The van der Waals surface area contributed by atoms with Crippen molar-refractivity contribution in [1.82, 2.24) is 9.88 Å². The summed E-state index contributed by atoms with van der Waals surface area (Å²) in [7, 11) is 0. The van der Waals surface area contributed by atoms with Gasteiger partial charge in [-0.1, -0.05) is 6.07 Å². The van der Waals surface area contributed by atoms with Crippen LogP contribution in [0.1, 0.15) is 46.1 Å². The summed E-state index contributed by atoms with van der Waals surface area (Å²) < 4.78 is 11.4. The highest BCUT2D eigenvalue weighted by molar-refractivity contribution is 5.99. The van der Waals surface area contributed by atoms with Crippen molar-refractivity contribution in [1.29, 1.82) is 0 Å². The number of aromatic nitrogens is 1. The van der Waals surface area contributed by atoms with E-state index in [1.165, 1.54) is 5.56 Å². The van der Waals surface area contributed by atoms with Crippen molar-refractivity contribution in [3.63, 3.8) is 0 Å². The third-order valence-electron chi connectivity index (χ3n) is 6.02. The maximum absolute atomic E-state index is 13.3. The minimum Gasteiger partial charge on any atom is -0.486 e. The van der Waals surface area contributed by atoms with E-state index in [1.807, 2.05) is 35.2 Å². The number of carbonyl (C=O) groups excluding carboxylic acids is 1. The van der Waals surface area contributed by atoms with Crippen LogP contribution in [0, 0.1) is 13.8 Å². The summed E-state index contributed by atoms with van der Waals surface area (Å²) in [6, 6.07) is 12.1. The number of amides is 1. The van der Waals surface area contributed by atoms with Crippen LogP contribution in [0.15, 0.2) is 36.4 Å². The number of carbonyl (C=O) groups is 1. The minimum atomic E-state index is 0.0769. The first-order valence-electron chi connectivity index (χ1n) is 9.91. The van der Waals surface area contributed by atoms with Crippen LogP contribution in [-0.4, -0.2) is 35.5 Å². The molecule has 2 aliphatic heterocycles. The van der Waals surface area contributed by atoms with Crippen molar-refractivity contribution in [2.45, 2.75) is 32.7 Å². The van der Waals surface area contributed by atoms with Crippen molar-refractivity contribution < 1.29 is 14.3 Å². The van der Waals surface area contributed by atoms with Crippen LogP contribution in [0.3, 0.4) is 0 Å². The van der Waals surface area contributed by atoms with E-state index in [-0.39, 0.29) is 11.9 Å². The Balaban J connectivity index is 1.46. The molecule has 144 valence electrons. The first-order valence-corrected chi connectivity index (χ1v) is 9.91. The average molecular weight is 376 g/mol. The number of aryl methyl sites for hydroxylation is 2. The number of hydrogen-bond donors (Lipinski definition) is 1. The fraction of sp³-hybridized carbons (Fsp3) is 0.348. The van der Waals surface area contributed by atoms with Gasteiger partial charge >= 0.3 is 0 Å². The Kier molecular flexibility index (Phi) is 4.04. The lowest BCUT2D eigenvalue weighted by Crippen LogP contribution is -2.30. The van der Waals surface area contributed by atoms with Gasteiger partial charge in [0, 0.05) is 28.7 Å². The molecule has 1 aromatic heterocycles. The van der Waals surface area contributed by atoms with Gasteiger partial charge in [0.1, 0.15) is 13.2 Å². The number of ether oxygens (including phenoxy) is 2. The smallest absolute Gasteiger partial charge is 0.254 e. The van der Waals surface area contributed by atoms with Crippen molar-refractivity contribution in [2.75, 3.05) is 19.8 Å². The van der Waals surface area contributed by atoms with E-state index in [1.54, 1.807) is 0 Å². The quantitative estimate of drug-likeness (QED) is 0.715. The van der Waals surface area contributed by atoms with Crippen LogP contribution in [-0.2, 0) is 0 Å². The Morgan fingerprint density at radius 1 is 1.07 bits per heavy atom. The highest BCUT2D eigenvalue weighted by Crippen LogP contribution is 2.38.